The van der Waals surface area contributed by atoms with E-state index in [9.17, 15) is 4.79 Å². The molecule has 0 aromatic rings. The predicted octanol–water partition coefficient (Wildman–Crippen LogP) is 1.13. The molecule has 2 aliphatic heterocycles. The van der Waals surface area contributed by atoms with Gasteiger partial charge in [0.2, 0.25) is 0 Å². The lowest BCUT2D eigenvalue weighted by Crippen LogP contribution is -2.32. The highest BCUT2D eigenvalue weighted by molar-refractivity contribution is 5.79. The quantitative estimate of drug-likeness (QED) is 0.522. The zero-order valence-electron chi connectivity index (χ0n) is 9.32. The van der Waals surface area contributed by atoms with Gasteiger partial charge in [0, 0.05) is 13.2 Å². The van der Waals surface area contributed by atoms with Gasteiger partial charge in [-0.15, -0.1) is 0 Å². The number of hydrogen-bond acceptors (Lipinski definition) is 4. The van der Waals surface area contributed by atoms with Crippen LogP contribution in [0.5, 0.6) is 0 Å². The maximum Gasteiger partial charge on any atom is 0.338 e. The van der Waals surface area contributed by atoms with E-state index in [0.717, 1.165) is 26.1 Å². The van der Waals surface area contributed by atoms with E-state index in [1.54, 1.807) is 0 Å². The molecule has 2 heterocycles. The molecule has 15 heavy (non-hydrogen) atoms. The Morgan fingerprint density at radius 2 is 2.13 bits per heavy atom. The Balaban J connectivity index is 1.90. The highest BCUT2D eigenvalue weighted by Crippen LogP contribution is 2.47. The van der Waals surface area contributed by atoms with Crippen molar-refractivity contribution < 1.29 is 19.0 Å². The fourth-order valence-corrected chi connectivity index (χ4v) is 2.30. The topological polar surface area (TPSA) is 48.1 Å². The van der Waals surface area contributed by atoms with Crippen molar-refractivity contribution in [1.82, 2.24) is 0 Å². The summed E-state index contributed by atoms with van der Waals surface area (Å²) in [6.07, 6.45) is 1.61. The molecule has 0 radical (unpaired) electrons. The molecular formula is C11H18O4. The molecule has 4 heteroatoms. The number of ether oxygens (including phenoxy) is 3. The highest BCUT2D eigenvalue weighted by Gasteiger charge is 2.62. The van der Waals surface area contributed by atoms with Crippen molar-refractivity contribution in [2.24, 2.45) is 5.92 Å². The summed E-state index contributed by atoms with van der Waals surface area (Å²) >= 11 is 0. The lowest BCUT2D eigenvalue weighted by molar-refractivity contribution is -0.144. The molecule has 0 aliphatic carbocycles. The molecule has 0 aromatic carbocycles. The van der Waals surface area contributed by atoms with Crippen molar-refractivity contribution in [1.29, 1.82) is 0 Å². The summed E-state index contributed by atoms with van der Waals surface area (Å²) in [6, 6.07) is 0. The van der Waals surface area contributed by atoms with Crippen molar-refractivity contribution in [2.75, 3.05) is 19.8 Å². The lowest BCUT2D eigenvalue weighted by Gasteiger charge is -2.25. The third-order valence-corrected chi connectivity index (χ3v) is 3.37. The molecule has 4 nitrogen and oxygen atoms in total. The Labute approximate surface area is 89.9 Å². The molecule has 0 aromatic heterocycles. The predicted molar refractivity (Wildman–Crippen MR) is 53.5 cm³/mol. The maximum absolute atomic E-state index is 11.5. The Hall–Kier alpha value is -0.610. The van der Waals surface area contributed by atoms with Crippen LogP contribution in [0.4, 0.5) is 0 Å². The summed E-state index contributed by atoms with van der Waals surface area (Å²) in [5.74, 6) is 0.215. The molecule has 2 rings (SSSR count). The van der Waals surface area contributed by atoms with Crippen LogP contribution in [0.1, 0.15) is 26.7 Å². The van der Waals surface area contributed by atoms with Gasteiger partial charge in [0.25, 0.3) is 0 Å². The van der Waals surface area contributed by atoms with Crippen LogP contribution in [0.25, 0.3) is 0 Å². The smallest absolute Gasteiger partial charge is 0.338 e. The molecule has 0 N–H and O–H groups in total. The number of rotatable bonds is 3. The molecule has 2 atom stereocenters. The van der Waals surface area contributed by atoms with Gasteiger partial charge in [-0.05, 0) is 32.6 Å². The molecule has 0 bridgehead atoms. The highest BCUT2D eigenvalue weighted by atomic mass is 16.7. The van der Waals surface area contributed by atoms with Crippen molar-refractivity contribution in [3.05, 3.63) is 0 Å². The van der Waals surface area contributed by atoms with Crippen LogP contribution >= 0.6 is 0 Å². The summed E-state index contributed by atoms with van der Waals surface area (Å²) < 4.78 is 15.8. The fraction of sp³-hybridized carbons (Fsp3) is 0.909. The van der Waals surface area contributed by atoms with Gasteiger partial charge < -0.3 is 14.2 Å². The third-order valence-electron chi connectivity index (χ3n) is 3.37. The summed E-state index contributed by atoms with van der Waals surface area (Å²) in [6.45, 7) is 5.79. The van der Waals surface area contributed by atoms with E-state index >= 15 is 0 Å². The summed E-state index contributed by atoms with van der Waals surface area (Å²) in [4.78, 5) is 11.5. The molecule has 2 unspecified atom stereocenters. The zero-order chi connectivity index (χ0) is 10.9. The molecule has 0 spiro atoms. The minimum Gasteiger partial charge on any atom is -0.464 e. The molecule has 86 valence electrons. The number of carbonyl (C=O) groups is 1. The van der Waals surface area contributed by atoms with Gasteiger partial charge in [0.1, 0.15) is 5.60 Å². The van der Waals surface area contributed by atoms with E-state index in [1.165, 1.54) is 0 Å². The van der Waals surface area contributed by atoms with Crippen LogP contribution in [-0.2, 0) is 19.0 Å². The number of epoxide rings is 1. The van der Waals surface area contributed by atoms with E-state index in [4.69, 9.17) is 14.2 Å². The van der Waals surface area contributed by atoms with Gasteiger partial charge >= 0.3 is 5.97 Å². The van der Waals surface area contributed by atoms with E-state index < -0.39 is 0 Å². The second-order valence-electron chi connectivity index (χ2n) is 4.32. The van der Waals surface area contributed by atoms with Gasteiger partial charge in [0.15, 0.2) is 6.10 Å². The standard InChI is InChI=1S/C11H18O4/c1-3-14-10(12)9-11(2,15-9)8-4-6-13-7-5-8/h8-9H,3-7H2,1-2H3. The fourth-order valence-electron chi connectivity index (χ4n) is 2.30. The molecule has 0 amide bonds. The average Bonchev–Trinajstić information content (AvgIpc) is 2.94. The number of esters is 1. The molecule has 2 aliphatic rings. The first-order chi connectivity index (χ1) is 7.18. The van der Waals surface area contributed by atoms with Crippen molar-refractivity contribution in [3.63, 3.8) is 0 Å². The van der Waals surface area contributed by atoms with Crippen LogP contribution < -0.4 is 0 Å². The van der Waals surface area contributed by atoms with Gasteiger partial charge in [-0.2, -0.15) is 0 Å². The zero-order valence-corrected chi connectivity index (χ0v) is 9.32. The SMILES string of the molecule is CCOC(=O)C1OC1(C)C1CCOCC1. The number of carbonyl (C=O) groups excluding carboxylic acids is 1. The second-order valence-corrected chi connectivity index (χ2v) is 4.32. The first-order valence-corrected chi connectivity index (χ1v) is 5.60. The van der Waals surface area contributed by atoms with Crippen molar-refractivity contribution in [2.45, 2.75) is 38.4 Å². The van der Waals surface area contributed by atoms with Crippen molar-refractivity contribution in [3.8, 4) is 0 Å². The van der Waals surface area contributed by atoms with E-state index in [1.807, 2.05) is 13.8 Å². The first-order valence-electron chi connectivity index (χ1n) is 5.60. The van der Waals surface area contributed by atoms with Crippen molar-refractivity contribution >= 4 is 5.97 Å². The molecule has 2 saturated heterocycles. The Morgan fingerprint density at radius 3 is 2.73 bits per heavy atom. The van der Waals surface area contributed by atoms with Crippen LogP contribution in [0, 0.1) is 5.92 Å². The first kappa shape index (κ1) is 10.9. The summed E-state index contributed by atoms with van der Waals surface area (Å²) in [7, 11) is 0. The number of hydrogen-bond donors (Lipinski definition) is 0. The molecule has 2 fully saturated rings. The summed E-state index contributed by atoms with van der Waals surface area (Å²) in [5.41, 5.74) is -0.296. The largest absolute Gasteiger partial charge is 0.464 e. The molecular weight excluding hydrogens is 196 g/mol. The third kappa shape index (κ3) is 2.01. The van der Waals surface area contributed by atoms with Gasteiger partial charge in [-0.25, -0.2) is 4.79 Å². The van der Waals surface area contributed by atoms with E-state index in [-0.39, 0.29) is 17.7 Å². The van der Waals surface area contributed by atoms with Gasteiger partial charge in [-0.1, -0.05) is 0 Å². The Morgan fingerprint density at radius 1 is 1.47 bits per heavy atom. The lowest BCUT2D eigenvalue weighted by atomic mass is 9.85. The van der Waals surface area contributed by atoms with Crippen LogP contribution in [0.2, 0.25) is 0 Å². The second kappa shape index (κ2) is 4.10. The molecule has 0 saturated carbocycles. The van der Waals surface area contributed by atoms with E-state index in [0.29, 0.717) is 12.5 Å². The van der Waals surface area contributed by atoms with Gasteiger partial charge in [-0.3, -0.25) is 0 Å². The average molecular weight is 214 g/mol. The van der Waals surface area contributed by atoms with Crippen LogP contribution in [0.15, 0.2) is 0 Å². The monoisotopic (exact) mass is 214 g/mol. The minimum atomic E-state index is -0.347. The van der Waals surface area contributed by atoms with Crippen LogP contribution in [0.3, 0.4) is 0 Å². The Kier molecular flexibility index (Phi) is 2.98. The Bertz CT molecular complexity index is 247. The van der Waals surface area contributed by atoms with Gasteiger partial charge in [0.05, 0.1) is 6.61 Å². The maximum atomic E-state index is 11.5. The summed E-state index contributed by atoms with van der Waals surface area (Å²) in [5, 5.41) is 0. The minimum absolute atomic E-state index is 0.216. The van der Waals surface area contributed by atoms with Crippen LogP contribution in [-0.4, -0.2) is 37.5 Å². The van der Waals surface area contributed by atoms with E-state index in [2.05, 4.69) is 0 Å². The normalized spacial score (nSPS) is 36.3.